The number of aliphatic imine (C=N–C) groups is 1. The van der Waals surface area contributed by atoms with Crippen LogP contribution in [0.4, 0.5) is 4.79 Å². The van der Waals surface area contributed by atoms with Crippen LogP contribution in [0, 0.1) is 0 Å². The molecule has 164 valence electrons. The molecule has 1 unspecified atom stereocenters. The maximum atomic E-state index is 12.4. The molecule has 1 aromatic heterocycles. The molecule has 1 fully saturated rings. The highest BCUT2D eigenvalue weighted by molar-refractivity contribution is 14.0. The second-order valence-electron chi connectivity index (χ2n) is 8.49. The van der Waals surface area contributed by atoms with Gasteiger partial charge in [-0.25, -0.2) is 4.79 Å². The van der Waals surface area contributed by atoms with E-state index in [1.165, 1.54) is 11.3 Å². The van der Waals surface area contributed by atoms with Crippen molar-refractivity contribution in [2.45, 2.75) is 65.6 Å². The highest BCUT2D eigenvalue weighted by Crippen LogP contribution is 2.20. The van der Waals surface area contributed by atoms with E-state index < -0.39 is 5.60 Å². The number of amides is 1. The van der Waals surface area contributed by atoms with Gasteiger partial charge in [0, 0.05) is 44.5 Å². The molecule has 0 aliphatic carbocycles. The zero-order valence-corrected chi connectivity index (χ0v) is 20.8. The summed E-state index contributed by atoms with van der Waals surface area (Å²) in [6, 6.07) is 0.217. The number of nitrogens with zero attached hydrogens (tertiary/aromatic N) is 5. The number of nitrogens with one attached hydrogen (secondary N) is 1. The SMILES string of the molecule is CCc1nn(C)c(CC)c1CNC1=NCC2CN(C(=O)OC(C)(C)C)CCN12.I. The Labute approximate surface area is 191 Å². The van der Waals surface area contributed by atoms with Crippen LogP contribution in [-0.4, -0.2) is 69.5 Å². The van der Waals surface area contributed by atoms with E-state index in [1.807, 2.05) is 32.5 Å². The lowest BCUT2D eigenvalue weighted by molar-refractivity contribution is 0.0137. The van der Waals surface area contributed by atoms with Crippen molar-refractivity contribution in [3.63, 3.8) is 0 Å². The quantitative estimate of drug-likeness (QED) is 0.621. The van der Waals surface area contributed by atoms with Gasteiger partial charge in [-0.3, -0.25) is 9.67 Å². The van der Waals surface area contributed by atoms with Gasteiger partial charge in [-0.1, -0.05) is 13.8 Å². The summed E-state index contributed by atoms with van der Waals surface area (Å²) in [7, 11) is 2.01. The summed E-state index contributed by atoms with van der Waals surface area (Å²) in [4.78, 5) is 21.2. The first-order valence-electron chi connectivity index (χ1n) is 10.3. The molecule has 2 aliphatic rings. The second-order valence-corrected chi connectivity index (χ2v) is 8.49. The minimum Gasteiger partial charge on any atom is -0.444 e. The average molecular weight is 518 g/mol. The Balaban J connectivity index is 0.00000300. The molecule has 0 radical (unpaired) electrons. The Bertz CT molecular complexity index is 755. The summed E-state index contributed by atoms with van der Waals surface area (Å²) in [6.45, 7) is 13.5. The molecule has 3 rings (SSSR count). The van der Waals surface area contributed by atoms with E-state index in [2.05, 4.69) is 29.2 Å². The minimum atomic E-state index is -0.467. The number of hydrogen-bond acceptors (Lipinski definition) is 6. The Morgan fingerprint density at radius 1 is 1.24 bits per heavy atom. The highest BCUT2D eigenvalue weighted by atomic mass is 127. The Kier molecular flexibility index (Phi) is 7.80. The number of ether oxygens (including phenoxy) is 1. The fourth-order valence-electron chi connectivity index (χ4n) is 3.98. The van der Waals surface area contributed by atoms with Crippen molar-refractivity contribution in [3.05, 3.63) is 17.0 Å². The third-order valence-corrected chi connectivity index (χ3v) is 5.31. The van der Waals surface area contributed by atoms with Gasteiger partial charge in [-0.15, -0.1) is 24.0 Å². The number of carbonyl (C=O) groups excluding carboxylic acids is 1. The van der Waals surface area contributed by atoms with Crippen LogP contribution in [0.1, 0.15) is 51.6 Å². The number of rotatable bonds is 4. The van der Waals surface area contributed by atoms with Gasteiger partial charge in [-0.05, 0) is 33.6 Å². The highest BCUT2D eigenvalue weighted by Gasteiger charge is 2.36. The first-order chi connectivity index (χ1) is 13.2. The molecule has 3 heterocycles. The molecule has 1 N–H and O–H groups in total. The smallest absolute Gasteiger partial charge is 0.410 e. The largest absolute Gasteiger partial charge is 0.444 e. The maximum absolute atomic E-state index is 12.4. The van der Waals surface area contributed by atoms with Crippen molar-refractivity contribution < 1.29 is 9.53 Å². The molecule has 2 aliphatic heterocycles. The summed E-state index contributed by atoms with van der Waals surface area (Å²) in [6.07, 6.45) is 1.66. The van der Waals surface area contributed by atoms with Crippen LogP contribution < -0.4 is 5.32 Å². The van der Waals surface area contributed by atoms with Gasteiger partial charge in [0.2, 0.25) is 0 Å². The van der Waals surface area contributed by atoms with Crippen molar-refractivity contribution in [1.82, 2.24) is 24.9 Å². The molecule has 1 aromatic rings. The third kappa shape index (κ3) is 5.35. The molecule has 8 nitrogen and oxygen atoms in total. The normalized spacial score (nSPS) is 18.8. The van der Waals surface area contributed by atoms with Crippen molar-refractivity contribution >= 4 is 36.0 Å². The number of fused-ring (bicyclic) bond motifs is 1. The van der Waals surface area contributed by atoms with E-state index in [-0.39, 0.29) is 36.1 Å². The molecule has 0 bridgehead atoms. The molecule has 1 atom stereocenters. The molecule has 29 heavy (non-hydrogen) atoms. The fourth-order valence-corrected chi connectivity index (χ4v) is 3.98. The first-order valence-corrected chi connectivity index (χ1v) is 10.3. The Hall–Kier alpha value is -1.52. The predicted molar refractivity (Wildman–Crippen MR) is 125 cm³/mol. The third-order valence-electron chi connectivity index (χ3n) is 5.31. The van der Waals surface area contributed by atoms with Gasteiger partial charge < -0.3 is 19.9 Å². The van der Waals surface area contributed by atoms with Gasteiger partial charge in [0.25, 0.3) is 0 Å². The lowest BCUT2D eigenvalue weighted by atomic mass is 10.1. The number of piperazine rings is 1. The molecule has 9 heteroatoms. The van der Waals surface area contributed by atoms with Crippen LogP contribution in [0.15, 0.2) is 4.99 Å². The van der Waals surface area contributed by atoms with Crippen LogP contribution in [0.5, 0.6) is 0 Å². The van der Waals surface area contributed by atoms with Crippen LogP contribution in [-0.2, 0) is 31.2 Å². The monoisotopic (exact) mass is 518 g/mol. The average Bonchev–Trinajstić information content (AvgIpc) is 3.17. The van der Waals surface area contributed by atoms with Crippen molar-refractivity contribution in [2.75, 3.05) is 26.2 Å². The van der Waals surface area contributed by atoms with Crippen LogP contribution >= 0.6 is 24.0 Å². The van der Waals surface area contributed by atoms with Crippen LogP contribution in [0.3, 0.4) is 0 Å². The van der Waals surface area contributed by atoms with Crippen molar-refractivity contribution in [1.29, 1.82) is 0 Å². The molecule has 0 spiro atoms. The fraction of sp³-hybridized carbons (Fsp3) is 0.750. The van der Waals surface area contributed by atoms with E-state index in [4.69, 9.17) is 9.73 Å². The molecule has 1 amide bonds. The van der Waals surface area contributed by atoms with E-state index in [0.717, 1.165) is 37.6 Å². The van der Waals surface area contributed by atoms with E-state index in [0.29, 0.717) is 19.6 Å². The Morgan fingerprint density at radius 2 is 1.97 bits per heavy atom. The summed E-state index contributed by atoms with van der Waals surface area (Å²) in [5.41, 5.74) is 3.24. The summed E-state index contributed by atoms with van der Waals surface area (Å²) in [5, 5.41) is 8.18. The summed E-state index contributed by atoms with van der Waals surface area (Å²) >= 11 is 0. The van der Waals surface area contributed by atoms with Crippen molar-refractivity contribution in [2.24, 2.45) is 12.0 Å². The first kappa shape index (κ1) is 23.8. The molecule has 0 aromatic carbocycles. The van der Waals surface area contributed by atoms with E-state index in [9.17, 15) is 4.79 Å². The molecule has 1 saturated heterocycles. The predicted octanol–water partition coefficient (Wildman–Crippen LogP) is 2.54. The summed E-state index contributed by atoms with van der Waals surface area (Å²) < 4.78 is 7.51. The number of hydrogen-bond donors (Lipinski definition) is 1. The number of aromatic nitrogens is 2. The number of halogens is 1. The van der Waals surface area contributed by atoms with E-state index >= 15 is 0 Å². The lowest BCUT2D eigenvalue weighted by Gasteiger charge is -2.39. The Morgan fingerprint density at radius 3 is 2.59 bits per heavy atom. The van der Waals surface area contributed by atoms with Crippen LogP contribution in [0.2, 0.25) is 0 Å². The summed E-state index contributed by atoms with van der Waals surface area (Å²) in [5.74, 6) is 0.932. The number of aryl methyl sites for hydroxylation is 2. The van der Waals surface area contributed by atoms with Gasteiger partial charge in [0.05, 0.1) is 18.3 Å². The number of carbonyl (C=O) groups is 1. The molecule has 0 saturated carbocycles. The van der Waals surface area contributed by atoms with Gasteiger partial charge in [-0.2, -0.15) is 5.10 Å². The minimum absolute atomic E-state index is 0. The zero-order chi connectivity index (χ0) is 20.5. The maximum Gasteiger partial charge on any atom is 0.410 e. The van der Waals surface area contributed by atoms with Crippen LogP contribution in [0.25, 0.3) is 0 Å². The lowest BCUT2D eigenvalue weighted by Crippen LogP contribution is -2.57. The van der Waals surface area contributed by atoms with Gasteiger partial charge >= 0.3 is 6.09 Å². The second kappa shape index (κ2) is 9.53. The van der Waals surface area contributed by atoms with Crippen molar-refractivity contribution in [3.8, 4) is 0 Å². The standard InChI is InChI=1S/C20H34N6O2.HI/c1-7-16-15(17(8-2)24(6)23-16)12-22-18-21-11-14-13-25(9-10-26(14)18)19(27)28-20(3,4)5;/h14H,7-13H2,1-6H3,(H,21,22);1H. The van der Waals surface area contributed by atoms with Gasteiger partial charge in [0.15, 0.2) is 5.96 Å². The van der Waals surface area contributed by atoms with Gasteiger partial charge in [0.1, 0.15) is 5.60 Å². The number of guanidine groups is 1. The topological polar surface area (TPSA) is 75.0 Å². The molecular weight excluding hydrogens is 483 g/mol. The molecular formula is C20H35IN6O2. The van der Waals surface area contributed by atoms with E-state index in [1.54, 1.807) is 4.90 Å². The zero-order valence-electron chi connectivity index (χ0n) is 18.5.